The minimum atomic E-state index is -1.08. The molecule has 1 saturated carbocycles. The number of rotatable bonds is 3. The molecule has 5 nitrogen and oxygen atoms in total. The third-order valence-electron chi connectivity index (χ3n) is 3.67. The van der Waals surface area contributed by atoms with Crippen LogP contribution in [-0.2, 0) is 0 Å². The van der Waals surface area contributed by atoms with Gasteiger partial charge in [0.05, 0.1) is 12.4 Å². The Balaban J connectivity index is 2.01. The fourth-order valence-electron chi connectivity index (χ4n) is 2.28. The third-order valence-corrected chi connectivity index (χ3v) is 3.67. The summed E-state index contributed by atoms with van der Waals surface area (Å²) in [5, 5.41) is 8.83. The number of aromatic carboxylic acids is 1. The first-order valence-electron chi connectivity index (χ1n) is 6.28. The zero-order valence-corrected chi connectivity index (χ0v) is 10.7. The first kappa shape index (κ1) is 12.8. The maximum absolute atomic E-state index is 10.8. The molecule has 1 aromatic rings. The first-order valence-corrected chi connectivity index (χ1v) is 6.28. The molecule has 0 spiro atoms. The minimum Gasteiger partial charge on any atom is -0.476 e. The summed E-state index contributed by atoms with van der Waals surface area (Å²) < 4.78 is 5.73. The Labute approximate surface area is 106 Å². The Morgan fingerprint density at radius 2 is 2.11 bits per heavy atom. The summed E-state index contributed by atoms with van der Waals surface area (Å²) >= 11 is 0. The van der Waals surface area contributed by atoms with E-state index in [0.717, 1.165) is 25.2 Å². The number of hydrogen-bond donors (Lipinski definition) is 1. The maximum atomic E-state index is 10.8. The van der Waals surface area contributed by atoms with E-state index in [1.54, 1.807) is 0 Å². The molecule has 0 radical (unpaired) electrons. The lowest BCUT2D eigenvalue weighted by atomic mass is 9.80. The van der Waals surface area contributed by atoms with Crippen LogP contribution in [0.3, 0.4) is 0 Å². The molecule has 2 rings (SSSR count). The highest BCUT2D eigenvalue weighted by Gasteiger charge is 2.26. The second-order valence-corrected chi connectivity index (χ2v) is 5.06. The summed E-state index contributed by atoms with van der Waals surface area (Å²) in [6, 6.07) is 0. The fraction of sp³-hybridized carbons (Fsp3) is 0.615. The van der Waals surface area contributed by atoms with Gasteiger partial charge >= 0.3 is 5.97 Å². The molecule has 1 aliphatic carbocycles. The predicted molar refractivity (Wildman–Crippen MR) is 65.6 cm³/mol. The lowest BCUT2D eigenvalue weighted by Gasteiger charge is -2.31. The van der Waals surface area contributed by atoms with Crippen LogP contribution in [0.2, 0.25) is 0 Å². The molecule has 18 heavy (non-hydrogen) atoms. The smallest absolute Gasteiger partial charge is 0.356 e. The summed E-state index contributed by atoms with van der Waals surface area (Å²) in [6.45, 7) is 4.48. The molecule has 1 aromatic heterocycles. The van der Waals surface area contributed by atoms with Crippen molar-refractivity contribution in [2.45, 2.75) is 39.2 Å². The van der Waals surface area contributed by atoms with Crippen molar-refractivity contribution in [1.82, 2.24) is 9.97 Å². The van der Waals surface area contributed by atoms with Gasteiger partial charge < -0.3 is 9.84 Å². The van der Waals surface area contributed by atoms with Gasteiger partial charge in [0.15, 0.2) is 5.69 Å². The molecule has 0 saturated heterocycles. The van der Waals surface area contributed by atoms with Gasteiger partial charge in [-0.25, -0.2) is 9.78 Å². The Kier molecular flexibility index (Phi) is 3.79. The van der Waals surface area contributed by atoms with E-state index in [4.69, 9.17) is 9.84 Å². The van der Waals surface area contributed by atoms with Gasteiger partial charge in [-0.1, -0.05) is 13.8 Å². The Morgan fingerprint density at radius 1 is 1.33 bits per heavy atom. The van der Waals surface area contributed by atoms with Crippen LogP contribution < -0.4 is 4.74 Å². The van der Waals surface area contributed by atoms with Gasteiger partial charge in [0.1, 0.15) is 6.10 Å². The zero-order chi connectivity index (χ0) is 13.1. The van der Waals surface area contributed by atoms with Crippen molar-refractivity contribution in [1.29, 1.82) is 0 Å². The van der Waals surface area contributed by atoms with Crippen molar-refractivity contribution in [3.63, 3.8) is 0 Å². The van der Waals surface area contributed by atoms with Crippen LogP contribution in [0.4, 0.5) is 0 Å². The van der Waals surface area contributed by atoms with E-state index in [1.807, 2.05) is 0 Å². The highest BCUT2D eigenvalue weighted by molar-refractivity contribution is 5.84. The lowest BCUT2D eigenvalue weighted by molar-refractivity contribution is 0.0682. The highest BCUT2D eigenvalue weighted by Crippen LogP contribution is 2.31. The number of hydrogen-bond acceptors (Lipinski definition) is 4. The van der Waals surface area contributed by atoms with Gasteiger partial charge in [0.2, 0.25) is 5.88 Å². The SMILES string of the molecule is CC1CCC(Oc2cncc(C(=O)O)n2)CC1C. The largest absolute Gasteiger partial charge is 0.476 e. The van der Waals surface area contributed by atoms with Gasteiger partial charge in [0.25, 0.3) is 0 Å². The third kappa shape index (κ3) is 2.97. The van der Waals surface area contributed by atoms with Gasteiger partial charge in [0, 0.05) is 0 Å². The maximum Gasteiger partial charge on any atom is 0.356 e. The number of carbonyl (C=O) groups is 1. The number of carboxylic acids is 1. The van der Waals surface area contributed by atoms with Crippen molar-refractivity contribution in [3.05, 3.63) is 18.1 Å². The van der Waals surface area contributed by atoms with Gasteiger partial charge in [-0.2, -0.15) is 0 Å². The van der Waals surface area contributed by atoms with Crippen LogP contribution in [0.25, 0.3) is 0 Å². The molecule has 0 aliphatic heterocycles. The molecular weight excluding hydrogens is 232 g/mol. The van der Waals surface area contributed by atoms with E-state index in [1.165, 1.54) is 12.4 Å². The van der Waals surface area contributed by atoms with Gasteiger partial charge in [-0.15, -0.1) is 0 Å². The Hall–Kier alpha value is -1.65. The predicted octanol–water partition coefficient (Wildman–Crippen LogP) is 2.38. The zero-order valence-electron chi connectivity index (χ0n) is 10.7. The van der Waals surface area contributed by atoms with Crippen LogP contribution in [0.1, 0.15) is 43.6 Å². The standard InChI is InChI=1S/C13H18N2O3/c1-8-3-4-10(5-9(8)2)18-12-7-14-6-11(15-12)13(16)17/h6-10H,3-5H2,1-2H3,(H,16,17). The number of aromatic nitrogens is 2. The first-order chi connectivity index (χ1) is 8.56. The summed E-state index contributed by atoms with van der Waals surface area (Å²) in [4.78, 5) is 18.5. The average molecular weight is 250 g/mol. The molecule has 3 atom stereocenters. The highest BCUT2D eigenvalue weighted by atomic mass is 16.5. The lowest BCUT2D eigenvalue weighted by Crippen LogP contribution is -2.29. The molecular formula is C13H18N2O3. The van der Waals surface area contributed by atoms with E-state index in [9.17, 15) is 4.79 Å². The summed E-state index contributed by atoms with van der Waals surface area (Å²) in [5.74, 6) is 0.570. The molecule has 0 aromatic carbocycles. The molecule has 98 valence electrons. The van der Waals surface area contributed by atoms with Crippen LogP contribution >= 0.6 is 0 Å². The van der Waals surface area contributed by atoms with Crippen molar-refractivity contribution >= 4 is 5.97 Å². The normalized spacial score (nSPS) is 27.8. The molecule has 1 N–H and O–H groups in total. The molecule has 5 heteroatoms. The average Bonchev–Trinajstić information content (AvgIpc) is 2.34. The summed E-state index contributed by atoms with van der Waals surface area (Å²) in [5.41, 5.74) is -0.0790. The van der Waals surface area contributed by atoms with Crippen LogP contribution in [0, 0.1) is 11.8 Å². The van der Waals surface area contributed by atoms with Gasteiger partial charge in [-0.05, 0) is 31.1 Å². The second-order valence-electron chi connectivity index (χ2n) is 5.06. The molecule has 1 aliphatic rings. The molecule has 1 fully saturated rings. The minimum absolute atomic E-state index is 0.0790. The van der Waals surface area contributed by atoms with Crippen LogP contribution in [0.15, 0.2) is 12.4 Å². The second kappa shape index (κ2) is 5.33. The molecule has 3 unspecified atom stereocenters. The Bertz CT molecular complexity index is 436. The molecule has 0 bridgehead atoms. The molecule has 1 heterocycles. The number of ether oxygens (including phenoxy) is 1. The number of carboxylic acid groups (broad SMARTS) is 1. The van der Waals surface area contributed by atoms with E-state index in [2.05, 4.69) is 23.8 Å². The van der Waals surface area contributed by atoms with E-state index in [-0.39, 0.29) is 11.8 Å². The summed E-state index contributed by atoms with van der Waals surface area (Å²) in [6.07, 6.45) is 5.92. The monoisotopic (exact) mass is 250 g/mol. The van der Waals surface area contributed by atoms with Crippen molar-refractivity contribution in [2.24, 2.45) is 11.8 Å². The van der Waals surface area contributed by atoms with E-state index < -0.39 is 5.97 Å². The van der Waals surface area contributed by atoms with Gasteiger partial charge in [-0.3, -0.25) is 4.98 Å². The van der Waals surface area contributed by atoms with Crippen molar-refractivity contribution in [2.75, 3.05) is 0 Å². The fourth-order valence-corrected chi connectivity index (χ4v) is 2.28. The van der Waals surface area contributed by atoms with E-state index >= 15 is 0 Å². The van der Waals surface area contributed by atoms with Crippen molar-refractivity contribution < 1.29 is 14.6 Å². The van der Waals surface area contributed by atoms with Crippen molar-refractivity contribution in [3.8, 4) is 5.88 Å². The summed E-state index contributed by atoms with van der Waals surface area (Å²) in [7, 11) is 0. The quantitative estimate of drug-likeness (QED) is 0.891. The molecule has 0 amide bonds. The number of nitrogens with zero attached hydrogens (tertiary/aromatic N) is 2. The van der Waals surface area contributed by atoms with Crippen LogP contribution in [-0.4, -0.2) is 27.1 Å². The van der Waals surface area contributed by atoms with Crippen LogP contribution in [0.5, 0.6) is 5.88 Å². The topological polar surface area (TPSA) is 72.3 Å². The van der Waals surface area contributed by atoms with E-state index in [0.29, 0.717) is 11.8 Å². The Morgan fingerprint density at radius 3 is 2.78 bits per heavy atom.